The van der Waals surface area contributed by atoms with Crippen molar-refractivity contribution in [3.8, 4) is 11.1 Å². The van der Waals surface area contributed by atoms with Crippen LogP contribution in [0.1, 0.15) is 11.1 Å². The normalized spacial score (nSPS) is 13.1. The van der Waals surface area contributed by atoms with E-state index in [0.29, 0.717) is 0 Å². The molecule has 0 radical (unpaired) electrons. The maximum Gasteiger partial charge on any atom is -0.0143 e. The third kappa shape index (κ3) is 1.39. The maximum absolute atomic E-state index is 2.36. The molecule has 0 spiro atoms. The van der Waals surface area contributed by atoms with Crippen molar-refractivity contribution in [1.29, 1.82) is 0 Å². The van der Waals surface area contributed by atoms with Crippen LogP contribution in [0.25, 0.3) is 21.9 Å². The molecule has 0 saturated heterocycles. The minimum Gasteiger partial charge on any atom is -0.0620 e. The fraction of sp³-hybridized carbons (Fsp3) is 0.111. The Morgan fingerprint density at radius 2 is 1.22 bits per heavy atom. The molecule has 0 N–H and O–H groups in total. The fourth-order valence-electron chi connectivity index (χ4n) is 3.02. The average Bonchev–Trinajstić information content (AvgIpc) is 2.45. The topological polar surface area (TPSA) is 0 Å². The van der Waals surface area contributed by atoms with E-state index in [-0.39, 0.29) is 0 Å². The van der Waals surface area contributed by atoms with Crippen molar-refractivity contribution in [2.45, 2.75) is 12.8 Å². The van der Waals surface area contributed by atoms with Crippen LogP contribution < -0.4 is 0 Å². The summed E-state index contributed by atoms with van der Waals surface area (Å²) in [7, 11) is 0. The summed E-state index contributed by atoms with van der Waals surface area (Å²) >= 11 is 0. The van der Waals surface area contributed by atoms with Gasteiger partial charge in [0.2, 0.25) is 0 Å². The number of hydrogen-bond donors (Lipinski definition) is 0. The van der Waals surface area contributed by atoms with Gasteiger partial charge in [0.05, 0.1) is 0 Å². The predicted molar refractivity (Wildman–Crippen MR) is 76.8 cm³/mol. The SMILES string of the molecule is c1ccc2c(c1)CCc1cc3ccccc3cc1-2. The Labute approximate surface area is 107 Å². The van der Waals surface area contributed by atoms with Crippen LogP contribution in [-0.4, -0.2) is 0 Å². The van der Waals surface area contributed by atoms with Crippen molar-refractivity contribution in [3.63, 3.8) is 0 Å². The molecule has 0 nitrogen and oxygen atoms in total. The zero-order chi connectivity index (χ0) is 11.9. The Bertz CT molecular complexity index is 738. The van der Waals surface area contributed by atoms with Crippen molar-refractivity contribution in [1.82, 2.24) is 0 Å². The average molecular weight is 230 g/mol. The second kappa shape index (κ2) is 3.71. The zero-order valence-electron chi connectivity index (χ0n) is 10.2. The van der Waals surface area contributed by atoms with E-state index in [9.17, 15) is 0 Å². The van der Waals surface area contributed by atoms with Gasteiger partial charge in [-0.25, -0.2) is 0 Å². The molecule has 0 atom stereocenters. The first-order valence-electron chi connectivity index (χ1n) is 6.52. The summed E-state index contributed by atoms with van der Waals surface area (Å²) < 4.78 is 0. The summed E-state index contributed by atoms with van der Waals surface area (Å²) in [5.74, 6) is 0. The molecular formula is C18H14. The lowest BCUT2D eigenvalue weighted by Gasteiger charge is -2.20. The fourth-order valence-corrected chi connectivity index (χ4v) is 3.02. The Morgan fingerprint density at radius 1 is 0.556 bits per heavy atom. The highest BCUT2D eigenvalue weighted by Gasteiger charge is 2.15. The zero-order valence-corrected chi connectivity index (χ0v) is 10.2. The summed E-state index contributed by atoms with van der Waals surface area (Å²) in [6, 6.07) is 22.1. The summed E-state index contributed by atoms with van der Waals surface area (Å²) in [6.07, 6.45) is 2.33. The largest absolute Gasteiger partial charge is 0.0620 e. The van der Waals surface area contributed by atoms with Crippen LogP contribution in [0.2, 0.25) is 0 Å². The van der Waals surface area contributed by atoms with Gasteiger partial charge in [-0.15, -0.1) is 0 Å². The van der Waals surface area contributed by atoms with E-state index in [1.807, 2.05) is 0 Å². The first kappa shape index (κ1) is 9.90. The molecule has 3 aromatic rings. The maximum atomic E-state index is 2.36. The third-order valence-corrected chi connectivity index (χ3v) is 3.94. The van der Waals surface area contributed by atoms with E-state index in [0.717, 1.165) is 6.42 Å². The van der Waals surface area contributed by atoms with Gasteiger partial charge in [-0.2, -0.15) is 0 Å². The van der Waals surface area contributed by atoms with Crippen molar-refractivity contribution in [3.05, 3.63) is 71.8 Å². The molecule has 0 bridgehead atoms. The molecule has 4 rings (SSSR count). The minimum atomic E-state index is 1.16. The van der Waals surface area contributed by atoms with Gasteiger partial charge in [0.15, 0.2) is 0 Å². The van der Waals surface area contributed by atoms with Gasteiger partial charge < -0.3 is 0 Å². The minimum absolute atomic E-state index is 1.16. The predicted octanol–water partition coefficient (Wildman–Crippen LogP) is 4.61. The molecule has 1 aliphatic rings. The molecule has 0 aromatic heterocycles. The Kier molecular flexibility index (Phi) is 2.04. The van der Waals surface area contributed by atoms with E-state index < -0.39 is 0 Å². The highest BCUT2D eigenvalue weighted by atomic mass is 14.2. The Hall–Kier alpha value is -2.08. The van der Waals surface area contributed by atoms with Gasteiger partial charge in [0.25, 0.3) is 0 Å². The van der Waals surface area contributed by atoms with E-state index in [2.05, 4.69) is 60.7 Å². The molecule has 0 aliphatic heterocycles. The van der Waals surface area contributed by atoms with E-state index in [1.54, 1.807) is 0 Å². The summed E-state index contributed by atoms with van der Waals surface area (Å²) in [5.41, 5.74) is 5.83. The van der Waals surface area contributed by atoms with Crippen LogP contribution in [0, 0.1) is 0 Å². The number of rotatable bonds is 0. The molecule has 0 heterocycles. The number of aryl methyl sites for hydroxylation is 2. The van der Waals surface area contributed by atoms with Gasteiger partial charge in [-0.05, 0) is 51.9 Å². The van der Waals surface area contributed by atoms with Crippen LogP contribution in [0.15, 0.2) is 60.7 Å². The summed E-state index contributed by atoms with van der Waals surface area (Å²) in [5, 5.41) is 2.70. The third-order valence-electron chi connectivity index (χ3n) is 3.94. The van der Waals surface area contributed by atoms with Gasteiger partial charge >= 0.3 is 0 Å². The Morgan fingerprint density at radius 3 is 2.11 bits per heavy atom. The highest BCUT2D eigenvalue weighted by molar-refractivity contribution is 5.90. The van der Waals surface area contributed by atoms with E-state index >= 15 is 0 Å². The lowest BCUT2D eigenvalue weighted by molar-refractivity contribution is 0.944. The lowest BCUT2D eigenvalue weighted by atomic mass is 9.84. The monoisotopic (exact) mass is 230 g/mol. The quantitative estimate of drug-likeness (QED) is 0.529. The van der Waals surface area contributed by atoms with Gasteiger partial charge in [0.1, 0.15) is 0 Å². The van der Waals surface area contributed by atoms with E-state index in [4.69, 9.17) is 0 Å². The number of hydrogen-bond acceptors (Lipinski definition) is 0. The summed E-state index contributed by atoms with van der Waals surface area (Å²) in [6.45, 7) is 0. The number of fused-ring (bicyclic) bond motifs is 4. The second-order valence-corrected chi connectivity index (χ2v) is 5.01. The molecule has 3 aromatic carbocycles. The molecule has 0 heteroatoms. The molecule has 0 fully saturated rings. The van der Waals surface area contributed by atoms with Crippen molar-refractivity contribution < 1.29 is 0 Å². The van der Waals surface area contributed by atoms with Crippen LogP contribution in [0.3, 0.4) is 0 Å². The first-order valence-corrected chi connectivity index (χ1v) is 6.52. The summed E-state index contributed by atoms with van der Waals surface area (Å²) in [4.78, 5) is 0. The van der Waals surface area contributed by atoms with Crippen molar-refractivity contribution >= 4 is 10.8 Å². The standard InChI is InChI=1S/C18H14/c1-2-7-15-12-18-16(11-14(15)6-1)10-9-13-5-3-4-8-17(13)18/h1-8,11-12H,9-10H2. The highest BCUT2D eigenvalue weighted by Crippen LogP contribution is 2.35. The Balaban J connectivity index is 2.06. The van der Waals surface area contributed by atoms with Gasteiger partial charge in [0, 0.05) is 0 Å². The second-order valence-electron chi connectivity index (χ2n) is 5.01. The van der Waals surface area contributed by atoms with Crippen LogP contribution in [-0.2, 0) is 12.8 Å². The van der Waals surface area contributed by atoms with Gasteiger partial charge in [-0.3, -0.25) is 0 Å². The number of benzene rings is 3. The van der Waals surface area contributed by atoms with Crippen LogP contribution >= 0.6 is 0 Å². The molecule has 0 amide bonds. The molecule has 1 aliphatic carbocycles. The van der Waals surface area contributed by atoms with Crippen molar-refractivity contribution in [2.75, 3.05) is 0 Å². The van der Waals surface area contributed by atoms with Crippen LogP contribution in [0.5, 0.6) is 0 Å². The van der Waals surface area contributed by atoms with Gasteiger partial charge in [-0.1, -0.05) is 54.6 Å². The van der Waals surface area contributed by atoms with Crippen molar-refractivity contribution in [2.24, 2.45) is 0 Å². The molecule has 0 unspecified atom stereocenters. The molecular weight excluding hydrogens is 216 g/mol. The molecule has 86 valence electrons. The smallest absolute Gasteiger partial charge is 0.0143 e. The first-order chi connectivity index (χ1) is 8.92. The van der Waals surface area contributed by atoms with Crippen LogP contribution in [0.4, 0.5) is 0 Å². The lowest BCUT2D eigenvalue weighted by Crippen LogP contribution is -2.03. The molecule has 0 saturated carbocycles. The molecule has 18 heavy (non-hydrogen) atoms. The van der Waals surface area contributed by atoms with E-state index in [1.165, 1.54) is 39.4 Å².